The highest BCUT2D eigenvalue weighted by atomic mass is 16.6. The van der Waals surface area contributed by atoms with Crippen molar-refractivity contribution >= 4 is 11.7 Å². The SMILES string of the molecule is Cc1cccc(C)c1-c1noc(C2CC2)c1CO[C@@H]1C[C@@H]2C[C@H]1CN2c1ccc(C(=O)OC(C)(C)C)cc1. The van der Waals surface area contributed by atoms with Gasteiger partial charge in [0.15, 0.2) is 0 Å². The fourth-order valence-corrected chi connectivity index (χ4v) is 6.26. The predicted octanol–water partition coefficient (Wildman–Crippen LogP) is 6.98. The predicted molar refractivity (Wildman–Crippen MR) is 147 cm³/mol. The molecule has 3 aromatic rings. The number of carbonyl (C=O) groups is 1. The summed E-state index contributed by atoms with van der Waals surface area (Å²) in [6.45, 7) is 11.5. The number of piperidine rings is 1. The van der Waals surface area contributed by atoms with Crippen molar-refractivity contribution in [2.45, 2.75) is 90.6 Å². The Labute approximate surface area is 225 Å². The minimum atomic E-state index is -0.496. The van der Waals surface area contributed by atoms with E-state index in [9.17, 15) is 4.79 Å². The first-order valence-electron chi connectivity index (χ1n) is 13.9. The number of nitrogens with zero attached hydrogens (tertiary/aromatic N) is 2. The molecule has 6 nitrogen and oxygen atoms in total. The fourth-order valence-electron chi connectivity index (χ4n) is 6.26. The summed E-state index contributed by atoms with van der Waals surface area (Å²) in [5.41, 5.74) is 6.97. The maximum Gasteiger partial charge on any atom is 0.338 e. The second-order valence-corrected chi connectivity index (χ2v) is 12.4. The topological polar surface area (TPSA) is 64.8 Å². The second kappa shape index (κ2) is 9.57. The van der Waals surface area contributed by atoms with Crippen molar-refractivity contribution < 1.29 is 18.8 Å². The summed E-state index contributed by atoms with van der Waals surface area (Å²) in [6, 6.07) is 14.7. The van der Waals surface area contributed by atoms with Gasteiger partial charge in [-0.05, 0) is 95.7 Å². The average molecular weight is 515 g/mol. The van der Waals surface area contributed by atoms with E-state index >= 15 is 0 Å². The van der Waals surface area contributed by atoms with Gasteiger partial charge in [0.25, 0.3) is 0 Å². The van der Waals surface area contributed by atoms with E-state index in [1.54, 1.807) is 0 Å². The third kappa shape index (κ3) is 4.86. The van der Waals surface area contributed by atoms with Gasteiger partial charge >= 0.3 is 5.97 Å². The zero-order chi connectivity index (χ0) is 26.6. The van der Waals surface area contributed by atoms with Gasteiger partial charge in [0.2, 0.25) is 0 Å². The molecule has 0 spiro atoms. The zero-order valence-corrected chi connectivity index (χ0v) is 23.1. The number of esters is 1. The van der Waals surface area contributed by atoms with E-state index in [1.807, 2.05) is 45.0 Å². The highest BCUT2D eigenvalue weighted by Crippen LogP contribution is 2.46. The summed E-state index contributed by atoms with van der Waals surface area (Å²) >= 11 is 0. The van der Waals surface area contributed by atoms with E-state index in [0.717, 1.165) is 42.1 Å². The average Bonchev–Trinajstić information content (AvgIpc) is 3.32. The van der Waals surface area contributed by atoms with Crippen molar-refractivity contribution in [3.8, 4) is 11.3 Å². The van der Waals surface area contributed by atoms with Gasteiger partial charge in [-0.15, -0.1) is 0 Å². The lowest BCUT2D eigenvalue weighted by Crippen LogP contribution is -2.38. The number of ether oxygens (including phenoxy) is 2. The molecular weight excluding hydrogens is 476 g/mol. The summed E-state index contributed by atoms with van der Waals surface area (Å²) in [5, 5.41) is 4.56. The quantitative estimate of drug-likeness (QED) is 0.317. The number of fused-ring (bicyclic) bond motifs is 2. The number of hydrogen-bond acceptors (Lipinski definition) is 6. The van der Waals surface area contributed by atoms with Crippen LogP contribution >= 0.6 is 0 Å². The van der Waals surface area contributed by atoms with Crippen LogP contribution in [0, 0.1) is 19.8 Å². The van der Waals surface area contributed by atoms with Crippen LogP contribution in [0.4, 0.5) is 5.69 Å². The molecule has 2 saturated carbocycles. The molecule has 2 aromatic carbocycles. The Hall–Kier alpha value is -3.12. The van der Waals surface area contributed by atoms with Crippen LogP contribution in [0.25, 0.3) is 11.3 Å². The van der Waals surface area contributed by atoms with Crippen LogP contribution in [0.5, 0.6) is 0 Å². The van der Waals surface area contributed by atoms with E-state index in [-0.39, 0.29) is 12.1 Å². The Morgan fingerprint density at radius 1 is 1.05 bits per heavy atom. The zero-order valence-electron chi connectivity index (χ0n) is 23.1. The van der Waals surface area contributed by atoms with Crippen molar-refractivity contribution in [1.82, 2.24) is 5.16 Å². The minimum Gasteiger partial charge on any atom is -0.456 e. The maximum atomic E-state index is 12.4. The van der Waals surface area contributed by atoms with Gasteiger partial charge in [-0.25, -0.2) is 4.79 Å². The molecule has 2 aliphatic carbocycles. The molecule has 0 radical (unpaired) electrons. The Morgan fingerprint density at radius 2 is 1.76 bits per heavy atom. The molecule has 1 aliphatic heterocycles. The molecule has 3 atom stereocenters. The van der Waals surface area contributed by atoms with Gasteiger partial charge in [0.1, 0.15) is 17.1 Å². The summed E-state index contributed by atoms with van der Waals surface area (Å²) in [6.07, 6.45) is 4.74. The molecule has 2 bridgehead atoms. The van der Waals surface area contributed by atoms with Crippen molar-refractivity contribution in [3.05, 3.63) is 70.5 Å². The number of benzene rings is 2. The Morgan fingerprint density at radius 3 is 2.37 bits per heavy atom. The third-order valence-corrected chi connectivity index (χ3v) is 8.24. The number of rotatable bonds is 7. The van der Waals surface area contributed by atoms with E-state index in [0.29, 0.717) is 30.0 Å². The van der Waals surface area contributed by atoms with Crippen molar-refractivity contribution in [3.63, 3.8) is 0 Å². The van der Waals surface area contributed by atoms with Crippen LogP contribution in [-0.2, 0) is 16.1 Å². The summed E-state index contributed by atoms with van der Waals surface area (Å²) < 4.78 is 18.1. The molecule has 0 unspecified atom stereocenters. The largest absolute Gasteiger partial charge is 0.456 e. The molecule has 38 heavy (non-hydrogen) atoms. The lowest BCUT2D eigenvalue weighted by Gasteiger charge is -2.33. The van der Waals surface area contributed by atoms with Gasteiger partial charge in [0.05, 0.1) is 18.3 Å². The Kier molecular flexibility index (Phi) is 6.34. The Balaban J connectivity index is 1.12. The Bertz CT molecular complexity index is 1310. The molecule has 6 rings (SSSR count). The highest BCUT2D eigenvalue weighted by molar-refractivity contribution is 5.90. The van der Waals surface area contributed by atoms with Gasteiger partial charge in [-0.3, -0.25) is 0 Å². The molecule has 200 valence electrons. The van der Waals surface area contributed by atoms with E-state index in [1.165, 1.54) is 29.5 Å². The first-order valence-corrected chi connectivity index (χ1v) is 13.9. The number of aromatic nitrogens is 1. The molecule has 3 fully saturated rings. The smallest absolute Gasteiger partial charge is 0.338 e. The van der Waals surface area contributed by atoms with Crippen LogP contribution < -0.4 is 4.90 Å². The van der Waals surface area contributed by atoms with E-state index in [2.05, 4.69) is 42.1 Å². The van der Waals surface area contributed by atoms with E-state index in [4.69, 9.17) is 14.0 Å². The summed E-state index contributed by atoms with van der Waals surface area (Å²) in [5.74, 6) is 1.73. The first-order chi connectivity index (χ1) is 18.2. The monoisotopic (exact) mass is 514 g/mol. The maximum absolute atomic E-state index is 12.4. The van der Waals surface area contributed by atoms with Crippen LogP contribution in [0.15, 0.2) is 47.0 Å². The number of anilines is 1. The molecule has 1 aromatic heterocycles. The van der Waals surface area contributed by atoms with Crippen LogP contribution in [-0.4, -0.2) is 35.4 Å². The summed E-state index contributed by atoms with van der Waals surface area (Å²) in [7, 11) is 0. The van der Waals surface area contributed by atoms with Gasteiger partial charge < -0.3 is 18.9 Å². The standard InChI is InChI=1S/C32H38N2O4/c1-19-7-6-8-20(2)28(19)29-26(30(38-33-29)21-9-10-21)18-36-27-16-25-15-23(27)17-34(25)24-13-11-22(12-14-24)31(35)37-32(3,4)5/h6-8,11-14,21,23,25,27H,9-10,15-18H2,1-5H3/t23-,25-,27+/m0/s1. The van der Waals surface area contributed by atoms with Crippen molar-refractivity contribution in [2.75, 3.05) is 11.4 Å². The highest BCUT2D eigenvalue weighted by Gasteiger charge is 2.45. The number of hydrogen-bond donors (Lipinski definition) is 0. The molecule has 0 amide bonds. The van der Waals surface area contributed by atoms with Crippen molar-refractivity contribution in [2.24, 2.45) is 5.92 Å². The van der Waals surface area contributed by atoms with Crippen molar-refractivity contribution in [1.29, 1.82) is 0 Å². The normalized spacial score (nSPS) is 22.8. The van der Waals surface area contributed by atoms with Gasteiger partial charge in [-0.2, -0.15) is 0 Å². The molecule has 3 aliphatic rings. The first kappa shape index (κ1) is 25.2. The van der Waals surface area contributed by atoms with Gasteiger partial charge in [0, 0.05) is 41.2 Å². The fraction of sp³-hybridized carbons (Fsp3) is 0.500. The van der Waals surface area contributed by atoms with E-state index < -0.39 is 5.60 Å². The molecular formula is C32H38N2O4. The van der Waals surface area contributed by atoms with Crippen LogP contribution in [0.1, 0.15) is 85.2 Å². The van der Waals surface area contributed by atoms with Crippen LogP contribution in [0.2, 0.25) is 0 Å². The second-order valence-electron chi connectivity index (χ2n) is 12.4. The minimum absolute atomic E-state index is 0.241. The lowest BCUT2D eigenvalue weighted by atomic mass is 9.96. The molecule has 2 heterocycles. The third-order valence-electron chi connectivity index (χ3n) is 8.24. The molecule has 6 heteroatoms. The molecule has 0 N–H and O–H groups in total. The number of aryl methyl sites for hydroxylation is 2. The lowest BCUT2D eigenvalue weighted by molar-refractivity contribution is 0.00695. The summed E-state index contributed by atoms with van der Waals surface area (Å²) in [4.78, 5) is 14.9. The molecule has 1 saturated heterocycles. The van der Waals surface area contributed by atoms with Crippen LogP contribution in [0.3, 0.4) is 0 Å². The number of carbonyl (C=O) groups excluding carboxylic acids is 1. The van der Waals surface area contributed by atoms with Gasteiger partial charge in [-0.1, -0.05) is 23.4 Å².